The van der Waals surface area contributed by atoms with Gasteiger partial charge < -0.3 is 10.0 Å². The Hall–Kier alpha value is -3.38. The number of phenols is 1. The molecular formula is C23H19N3O2S. The van der Waals surface area contributed by atoms with E-state index >= 15 is 0 Å². The molecule has 2 heterocycles. The Morgan fingerprint density at radius 2 is 1.86 bits per heavy atom. The number of nitrogens with one attached hydrogen (secondary N) is 1. The number of anilines is 2. The summed E-state index contributed by atoms with van der Waals surface area (Å²) in [6.07, 6.45) is 0.825. The zero-order chi connectivity index (χ0) is 19.8. The second-order valence-corrected chi connectivity index (χ2v) is 8.08. The van der Waals surface area contributed by atoms with Crippen LogP contribution < -0.4 is 10.2 Å². The van der Waals surface area contributed by atoms with Crippen LogP contribution in [0.4, 0.5) is 10.8 Å². The van der Waals surface area contributed by atoms with Gasteiger partial charge >= 0.3 is 0 Å². The number of fused-ring (bicyclic) bond motifs is 2. The lowest BCUT2D eigenvalue weighted by molar-refractivity contribution is 0.102. The first-order chi connectivity index (χ1) is 14.2. The van der Waals surface area contributed by atoms with Gasteiger partial charge in [-0.2, -0.15) is 0 Å². The van der Waals surface area contributed by atoms with E-state index in [0.717, 1.165) is 34.4 Å². The Morgan fingerprint density at radius 1 is 1.03 bits per heavy atom. The maximum absolute atomic E-state index is 13.1. The predicted octanol–water partition coefficient (Wildman–Crippen LogP) is 4.82. The van der Waals surface area contributed by atoms with Crippen molar-refractivity contribution >= 4 is 38.3 Å². The fraction of sp³-hybridized carbons (Fsp3) is 0.130. The molecule has 1 aromatic heterocycles. The molecule has 0 atom stereocenters. The summed E-state index contributed by atoms with van der Waals surface area (Å²) in [4.78, 5) is 19.7. The van der Waals surface area contributed by atoms with Gasteiger partial charge in [-0.25, -0.2) is 4.98 Å². The summed E-state index contributed by atoms with van der Waals surface area (Å²) in [7, 11) is 0. The molecule has 6 heteroatoms. The van der Waals surface area contributed by atoms with Crippen molar-refractivity contribution in [2.75, 3.05) is 16.8 Å². The van der Waals surface area contributed by atoms with Crippen LogP contribution in [-0.4, -0.2) is 22.5 Å². The molecule has 0 saturated heterocycles. The third-order valence-corrected chi connectivity index (χ3v) is 6.21. The topological polar surface area (TPSA) is 65.5 Å². The van der Waals surface area contributed by atoms with E-state index in [1.807, 2.05) is 54.6 Å². The molecule has 1 amide bonds. The van der Waals surface area contributed by atoms with E-state index in [2.05, 4.69) is 21.3 Å². The number of carbonyl (C=O) groups excluding carboxylic acids is 1. The highest BCUT2D eigenvalue weighted by atomic mass is 32.1. The summed E-state index contributed by atoms with van der Waals surface area (Å²) in [5, 5.41) is 13.8. The van der Waals surface area contributed by atoms with Crippen molar-refractivity contribution in [1.82, 2.24) is 4.98 Å². The van der Waals surface area contributed by atoms with Crippen molar-refractivity contribution in [2.24, 2.45) is 0 Å². The Bertz CT molecular complexity index is 1180. The van der Waals surface area contributed by atoms with Crippen LogP contribution in [0.3, 0.4) is 0 Å². The molecule has 0 radical (unpaired) electrons. The van der Waals surface area contributed by atoms with Crippen LogP contribution in [0.15, 0.2) is 66.7 Å². The first-order valence-electron chi connectivity index (χ1n) is 9.50. The highest BCUT2D eigenvalue weighted by Crippen LogP contribution is 2.33. The molecule has 0 unspecified atom stereocenters. The molecule has 3 aromatic carbocycles. The average molecular weight is 401 g/mol. The molecular weight excluding hydrogens is 382 g/mol. The fourth-order valence-corrected chi connectivity index (χ4v) is 4.68. The summed E-state index contributed by atoms with van der Waals surface area (Å²) in [5.74, 6) is 0.104. The number of hydrogen-bond acceptors (Lipinski definition) is 5. The molecule has 0 aliphatic carbocycles. The van der Waals surface area contributed by atoms with Crippen molar-refractivity contribution in [2.45, 2.75) is 13.0 Å². The van der Waals surface area contributed by atoms with Crippen molar-refractivity contribution < 1.29 is 9.90 Å². The highest BCUT2D eigenvalue weighted by Gasteiger charge is 2.23. The van der Waals surface area contributed by atoms with E-state index in [1.165, 1.54) is 16.9 Å². The molecule has 2 N–H and O–H groups in total. The zero-order valence-corrected chi connectivity index (χ0v) is 16.4. The SMILES string of the molecule is O=C(Nc1nc2ccccc2s1)c1cccc2c1CN(c1ccccc1O)CC2. The first kappa shape index (κ1) is 17.7. The van der Waals surface area contributed by atoms with Gasteiger partial charge in [-0.15, -0.1) is 0 Å². The van der Waals surface area contributed by atoms with Gasteiger partial charge in [0.1, 0.15) is 5.75 Å². The lowest BCUT2D eigenvalue weighted by Gasteiger charge is -2.32. The van der Waals surface area contributed by atoms with Gasteiger partial charge in [0.05, 0.1) is 15.9 Å². The van der Waals surface area contributed by atoms with Gasteiger partial charge in [-0.3, -0.25) is 10.1 Å². The lowest BCUT2D eigenvalue weighted by atomic mass is 9.94. The third kappa shape index (κ3) is 3.32. The zero-order valence-electron chi connectivity index (χ0n) is 15.6. The average Bonchev–Trinajstić information content (AvgIpc) is 3.15. The Labute approximate surface area is 172 Å². The van der Waals surface area contributed by atoms with Crippen molar-refractivity contribution in [3.63, 3.8) is 0 Å². The van der Waals surface area contributed by atoms with E-state index in [9.17, 15) is 9.90 Å². The number of amides is 1. The van der Waals surface area contributed by atoms with Crippen LogP contribution in [0.25, 0.3) is 10.2 Å². The van der Waals surface area contributed by atoms with Gasteiger partial charge in [0, 0.05) is 18.7 Å². The second-order valence-electron chi connectivity index (χ2n) is 7.04. The summed E-state index contributed by atoms with van der Waals surface area (Å²) in [6.45, 7) is 1.38. The molecule has 1 aliphatic rings. The van der Waals surface area contributed by atoms with Crippen molar-refractivity contribution in [1.29, 1.82) is 0 Å². The molecule has 0 fully saturated rings. The summed E-state index contributed by atoms with van der Waals surface area (Å²) in [5.41, 5.74) is 4.50. The molecule has 29 heavy (non-hydrogen) atoms. The van der Waals surface area contributed by atoms with Crippen LogP contribution in [0.1, 0.15) is 21.5 Å². The van der Waals surface area contributed by atoms with Crippen LogP contribution in [-0.2, 0) is 13.0 Å². The standard InChI is InChI=1S/C23H19N3O2S/c27-20-10-3-2-9-19(20)26-13-12-15-6-5-7-16(17(15)14-26)22(28)25-23-24-18-8-1-4-11-21(18)29-23/h1-11,27H,12-14H2,(H,24,25,28). The van der Waals surface area contributed by atoms with Crippen LogP contribution >= 0.6 is 11.3 Å². The molecule has 0 bridgehead atoms. The lowest BCUT2D eigenvalue weighted by Crippen LogP contribution is -2.32. The summed E-state index contributed by atoms with van der Waals surface area (Å²) >= 11 is 1.47. The first-order valence-corrected chi connectivity index (χ1v) is 10.3. The molecule has 4 aromatic rings. The molecule has 1 aliphatic heterocycles. The number of benzene rings is 3. The number of thiazole rings is 1. The molecule has 0 saturated carbocycles. The van der Waals surface area contributed by atoms with E-state index in [1.54, 1.807) is 6.07 Å². The number of nitrogens with zero attached hydrogens (tertiary/aromatic N) is 2. The second kappa shape index (κ2) is 7.22. The number of carbonyl (C=O) groups is 1. The minimum Gasteiger partial charge on any atom is -0.506 e. The van der Waals surface area contributed by atoms with Crippen molar-refractivity contribution in [3.8, 4) is 5.75 Å². The van der Waals surface area contributed by atoms with Crippen molar-refractivity contribution in [3.05, 3.63) is 83.4 Å². The Balaban J connectivity index is 1.44. The maximum atomic E-state index is 13.1. The Morgan fingerprint density at radius 3 is 2.72 bits per heavy atom. The fourth-order valence-electron chi connectivity index (χ4n) is 3.82. The van der Waals surface area contributed by atoms with Crippen LogP contribution in [0.5, 0.6) is 5.75 Å². The monoisotopic (exact) mass is 401 g/mol. The van der Waals surface area contributed by atoms with Gasteiger partial charge in [0.15, 0.2) is 5.13 Å². The number of phenolic OH excluding ortho intramolecular Hbond substituents is 1. The highest BCUT2D eigenvalue weighted by molar-refractivity contribution is 7.22. The van der Waals surface area contributed by atoms with E-state index in [0.29, 0.717) is 17.2 Å². The number of aromatic nitrogens is 1. The van der Waals surface area contributed by atoms with E-state index in [4.69, 9.17) is 0 Å². The maximum Gasteiger partial charge on any atom is 0.257 e. The molecule has 144 valence electrons. The summed E-state index contributed by atoms with van der Waals surface area (Å²) in [6, 6.07) is 21.0. The van der Waals surface area contributed by atoms with Crippen LogP contribution in [0.2, 0.25) is 0 Å². The van der Waals surface area contributed by atoms with Gasteiger partial charge in [-0.05, 0) is 47.9 Å². The van der Waals surface area contributed by atoms with Gasteiger partial charge in [0.25, 0.3) is 5.91 Å². The number of hydrogen-bond donors (Lipinski definition) is 2. The minimum absolute atomic E-state index is 0.153. The Kier molecular flexibility index (Phi) is 4.41. The van der Waals surface area contributed by atoms with Gasteiger partial charge in [-0.1, -0.05) is 47.7 Å². The normalized spacial score (nSPS) is 13.3. The number of para-hydroxylation sites is 3. The van der Waals surface area contributed by atoms with E-state index in [-0.39, 0.29) is 11.7 Å². The van der Waals surface area contributed by atoms with E-state index < -0.39 is 0 Å². The summed E-state index contributed by atoms with van der Waals surface area (Å²) < 4.78 is 1.05. The van der Waals surface area contributed by atoms with Crippen LogP contribution in [0, 0.1) is 0 Å². The largest absolute Gasteiger partial charge is 0.506 e. The minimum atomic E-state index is -0.153. The number of rotatable bonds is 3. The smallest absolute Gasteiger partial charge is 0.257 e. The number of aromatic hydroxyl groups is 1. The van der Waals surface area contributed by atoms with Gasteiger partial charge in [0.2, 0.25) is 0 Å². The molecule has 5 rings (SSSR count). The molecule has 0 spiro atoms. The third-order valence-electron chi connectivity index (χ3n) is 5.25. The quantitative estimate of drug-likeness (QED) is 0.517. The predicted molar refractivity (Wildman–Crippen MR) is 117 cm³/mol. The molecule has 5 nitrogen and oxygen atoms in total.